The Labute approximate surface area is 193 Å². The van der Waals surface area contributed by atoms with E-state index in [1.807, 2.05) is 4.72 Å². The maximum Gasteiger partial charge on any atom is 0.267 e. The van der Waals surface area contributed by atoms with Gasteiger partial charge in [-0.3, -0.25) is 9.69 Å². The third-order valence-corrected chi connectivity index (χ3v) is 6.81. The van der Waals surface area contributed by atoms with E-state index in [0.29, 0.717) is 17.9 Å². The van der Waals surface area contributed by atoms with Crippen molar-refractivity contribution in [3.63, 3.8) is 0 Å². The standard InChI is InChI=1S/C24H28F2N2O4S/c1-15(16-7-9-18(25)10-8-16)28-13-3-4-19(14-28)32-21-12-11-20(24(29)27-33(2,30)31)23(26)22(21)17-5-6-17/h7-12,15,17,19H,3-6,13-14H2,1-2H3,(H,27,29)/t15-,19+/m0/s1. The Balaban J connectivity index is 1.51. The Morgan fingerprint density at radius 2 is 1.82 bits per heavy atom. The SMILES string of the molecule is C[C@@H](c1ccc(F)cc1)N1CCC[C@@H](Oc2ccc(C(=O)NS(C)(=O)=O)c(F)c2C2CC2)C1. The Kier molecular flexibility index (Phi) is 6.72. The van der Waals surface area contributed by atoms with Crippen molar-refractivity contribution in [3.05, 3.63) is 64.7 Å². The van der Waals surface area contributed by atoms with E-state index in [4.69, 9.17) is 4.74 Å². The van der Waals surface area contributed by atoms with E-state index < -0.39 is 21.7 Å². The Hall–Kier alpha value is -2.52. The number of nitrogens with zero attached hydrogens (tertiary/aromatic N) is 1. The van der Waals surface area contributed by atoms with Crippen LogP contribution in [0.15, 0.2) is 36.4 Å². The highest BCUT2D eigenvalue weighted by atomic mass is 32.2. The van der Waals surface area contributed by atoms with Crippen molar-refractivity contribution in [1.82, 2.24) is 9.62 Å². The number of piperidine rings is 1. The van der Waals surface area contributed by atoms with Crippen LogP contribution in [0.5, 0.6) is 5.75 Å². The first-order valence-corrected chi connectivity index (χ1v) is 13.0. The minimum atomic E-state index is -3.80. The molecule has 2 aliphatic rings. The van der Waals surface area contributed by atoms with Crippen molar-refractivity contribution in [2.75, 3.05) is 19.3 Å². The number of carbonyl (C=O) groups excluding carboxylic acids is 1. The largest absolute Gasteiger partial charge is 0.489 e. The molecule has 1 saturated heterocycles. The van der Waals surface area contributed by atoms with Crippen LogP contribution >= 0.6 is 0 Å². The lowest BCUT2D eigenvalue weighted by atomic mass is 10.0. The highest BCUT2D eigenvalue weighted by molar-refractivity contribution is 7.89. The van der Waals surface area contributed by atoms with E-state index in [0.717, 1.165) is 44.0 Å². The molecule has 33 heavy (non-hydrogen) atoms. The van der Waals surface area contributed by atoms with Crippen LogP contribution in [0.2, 0.25) is 0 Å². The maximum absolute atomic E-state index is 15.3. The van der Waals surface area contributed by atoms with Crippen molar-refractivity contribution in [3.8, 4) is 5.75 Å². The second-order valence-corrected chi connectivity index (χ2v) is 10.7. The predicted molar refractivity (Wildman–Crippen MR) is 121 cm³/mol. The van der Waals surface area contributed by atoms with Gasteiger partial charge < -0.3 is 4.74 Å². The summed E-state index contributed by atoms with van der Waals surface area (Å²) in [6.07, 6.45) is 4.01. The molecule has 1 amide bonds. The van der Waals surface area contributed by atoms with Crippen LogP contribution in [-0.2, 0) is 10.0 Å². The van der Waals surface area contributed by atoms with Crippen LogP contribution < -0.4 is 9.46 Å². The topological polar surface area (TPSA) is 75.7 Å². The van der Waals surface area contributed by atoms with Gasteiger partial charge in [0.05, 0.1) is 11.8 Å². The number of carbonyl (C=O) groups is 1. The number of ether oxygens (including phenoxy) is 1. The van der Waals surface area contributed by atoms with Crippen molar-refractivity contribution in [1.29, 1.82) is 0 Å². The predicted octanol–water partition coefficient (Wildman–Crippen LogP) is 4.14. The number of hydrogen-bond donors (Lipinski definition) is 1. The van der Waals surface area contributed by atoms with Gasteiger partial charge in [0.1, 0.15) is 23.5 Å². The molecule has 0 unspecified atom stereocenters. The summed E-state index contributed by atoms with van der Waals surface area (Å²) in [6, 6.07) is 9.40. The molecule has 2 atom stereocenters. The minimum Gasteiger partial charge on any atom is -0.489 e. The molecule has 0 radical (unpaired) electrons. The van der Waals surface area contributed by atoms with Crippen LogP contribution in [0, 0.1) is 11.6 Å². The number of nitrogens with one attached hydrogen (secondary N) is 1. The molecule has 6 nitrogen and oxygen atoms in total. The number of likely N-dealkylation sites (tertiary alicyclic amines) is 1. The molecule has 1 aliphatic carbocycles. The fourth-order valence-electron chi connectivity index (χ4n) is 4.37. The van der Waals surface area contributed by atoms with Gasteiger partial charge in [0.2, 0.25) is 10.0 Å². The summed E-state index contributed by atoms with van der Waals surface area (Å²) < 4.78 is 59.4. The Morgan fingerprint density at radius 3 is 2.45 bits per heavy atom. The first kappa shape index (κ1) is 23.6. The van der Waals surface area contributed by atoms with Gasteiger partial charge in [-0.25, -0.2) is 21.9 Å². The molecule has 1 N–H and O–H groups in total. The monoisotopic (exact) mass is 478 g/mol. The summed E-state index contributed by atoms with van der Waals surface area (Å²) in [5.41, 5.74) is 1.06. The van der Waals surface area contributed by atoms with Crippen LogP contribution in [0.25, 0.3) is 0 Å². The maximum atomic E-state index is 15.3. The average Bonchev–Trinajstić information content (AvgIpc) is 3.58. The minimum absolute atomic E-state index is 0.0381. The second kappa shape index (κ2) is 9.38. The molecule has 1 heterocycles. The molecule has 1 saturated carbocycles. The third-order valence-electron chi connectivity index (χ3n) is 6.25. The molecule has 178 valence electrons. The van der Waals surface area contributed by atoms with Crippen LogP contribution in [0.1, 0.15) is 66.1 Å². The number of rotatable bonds is 7. The molecule has 2 aromatic carbocycles. The first-order chi connectivity index (χ1) is 15.6. The van der Waals surface area contributed by atoms with E-state index in [2.05, 4.69) is 11.8 Å². The Morgan fingerprint density at radius 1 is 1.12 bits per heavy atom. The molecule has 0 spiro atoms. The van der Waals surface area contributed by atoms with Crippen molar-refractivity contribution >= 4 is 15.9 Å². The zero-order valence-electron chi connectivity index (χ0n) is 18.7. The lowest BCUT2D eigenvalue weighted by Crippen LogP contribution is -2.42. The van der Waals surface area contributed by atoms with Crippen LogP contribution in [-0.4, -0.2) is 44.7 Å². The number of amides is 1. The fraction of sp³-hybridized carbons (Fsp3) is 0.458. The smallest absolute Gasteiger partial charge is 0.267 e. The number of sulfonamides is 1. The van der Waals surface area contributed by atoms with Gasteiger partial charge >= 0.3 is 0 Å². The van der Waals surface area contributed by atoms with E-state index in [-0.39, 0.29) is 29.4 Å². The summed E-state index contributed by atoms with van der Waals surface area (Å²) in [4.78, 5) is 14.5. The molecule has 2 aromatic rings. The van der Waals surface area contributed by atoms with Gasteiger partial charge in [-0.05, 0) is 74.9 Å². The average molecular weight is 479 g/mol. The highest BCUT2D eigenvalue weighted by Crippen LogP contribution is 2.46. The van der Waals surface area contributed by atoms with Gasteiger partial charge in [0.25, 0.3) is 5.91 Å². The van der Waals surface area contributed by atoms with Gasteiger partial charge in [-0.15, -0.1) is 0 Å². The first-order valence-electron chi connectivity index (χ1n) is 11.1. The van der Waals surface area contributed by atoms with Gasteiger partial charge in [0, 0.05) is 18.2 Å². The molecule has 2 fully saturated rings. The molecule has 0 bridgehead atoms. The highest BCUT2D eigenvalue weighted by Gasteiger charge is 2.34. The van der Waals surface area contributed by atoms with E-state index in [1.54, 1.807) is 18.2 Å². The van der Waals surface area contributed by atoms with Crippen LogP contribution in [0.4, 0.5) is 8.78 Å². The summed E-state index contributed by atoms with van der Waals surface area (Å²) >= 11 is 0. The van der Waals surface area contributed by atoms with E-state index in [9.17, 15) is 17.6 Å². The van der Waals surface area contributed by atoms with E-state index >= 15 is 4.39 Å². The van der Waals surface area contributed by atoms with Gasteiger partial charge in [0.15, 0.2) is 0 Å². The normalized spacial score (nSPS) is 20.3. The van der Waals surface area contributed by atoms with E-state index in [1.165, 1.54) is 18.2 Å². The molecular weight excluding hydrogens is 450 g/mol. The van der Waals surface area contributed by atoms with Crippen molar-refractivity contribution in [2.24, 2.45) is 0 Å². The fourth-order valence-corrected chi connectivity index (χ4v) is 4.82. The number of halogens is 2. The molecule has 9 heteroatoms. The third kappa shape index (κ3) is 5.70. The zero-order valence-corrected chi connectivity index (χ0v) is 19.5. The number of benzene rings is 2. The summed E-state index contributed by atoms with van der Waals surface area (Å²) in [5.74, 6) is -1.60. The Bertz CT molecular complexity index is 1130. The van der Waals surface area contributed by atoms with Crippen molar-refractivity contribution in [2.45, 2.75) is 50.7 Å². The molecule has 0 aromatic heterocycles. The molecule has 1 aliphatic heterocycles. The summed E-state index contributed by atoms with van der Waals surface area (Å²) in [5, 5.41) is 0. The van der Waals surface area contributed by atoms with Crippen molar-refractivity contribution < 1.29 is 26.7 Å². The van der Waals surface area contributed by atoms with Crippen LogP contribution in [0.3, 0.4) is 0 Å². The lowest BCUT2D eigenvalue weighted by molar-refractivity contribution is 0.0649. The summed E-state index contributed by atoms with van der Waals surface area (Å²) in [6.45, 7) is 3.59. The summed E-state index contributed by atoms with van der Waals surface area (Å²) in [7, 11) is -3.80. The van der Waals surface area contributed by atoms with Gasteiger partial charge in [-0.1, -0.05) is 12.1 Å². The van der Waals surface area contributed by atoms with Gasteiger partial charge in [-0.2, -0.15) is 0 Å². The second-order valence-electron chi connectivity index (χ2n) is 8.92. The lowest BCUT2D eigenvalue weighted by Gasteiger charge is -2.37. The molecular formula is C24H28F2N2O4S. The zero-order chi connectivity index (χ0) is 23.8. The number of hydrogen-bond acceptors (Lipinski definition) is 5. The quantitative estimate of drug-likeness (QED) is 0.648. The molecule has 4 rings (SSSR count).